The van der Waals surface area contributed by atoms with E-state index in [4.69, 9.17) is 16.3 Å². The number of benzene rings is 1. The van der Waals surface area contributed by atoms with Crippen molar-refractivity contribution in [2.75, 3.05) is 12.5 Å². The van der Waals surface area contributed by atoms with E-state index in [2.05, 4.69) is 20.5 Å². The summed E-state index contributed by atoms with van der Waals surface area (Å²) in [7, 11) is 3.13. The van der Waals surface area contributed by atoms with Gasteiger partial charge in [-0.05, 0) is 36.8 Å². The lowest BCUT2D eigenvalue weighted by Crippen LogP contribution is -2.29. The highest BCUT2D eigenvalue weighted by Gasteiger charge is 2.16. The van der Waals surface area contributed by atoms with Gasteiger partial charge in [0.25, 0.3) is 5.56 Å². The van der Waals surface area contributed by atoms with Gasteiger partial charge in [0.1, 0.15) is 5.75 Å². The van der Waals surface area contributed by atoms with E-state index in [1.54, 1.807) is 30.9 Å². The number of anilines is 1. The first kappa shape index (κ1) is 19.4. The van der Waals surface area contributed by atoms with Crippen molar-refractivity contribution in [2.24, 2.45) is 12.1 Å². The zero-order valence-electron chi connectivity index (χ0n) is 15.6. The molecular weight excluding hydrogens is 384 g/mol. The van der Waals surface area contributed by atoms with Crippen molar-refractivity contribution in [2.45, 2.75) is 13.5 Å². The zero-order chi connectivity index (χ0) is 20.3. The number of methoxy groups -OCH3 is 1. The number of H-pyrrole nitrogens is 1. The van der Waals surface area contributed by atoms with E-state index in [0.29, 0.717) is 11.0 Å². The Bertz CT molecular complexity index is 1170. The number of aryl methyl sites for hydroxylation is 1. The lowest BCUT2D eigenvalue weighted by molar-refractivity contribution is 0.415. The molecule has 146 valence electrons. The number of fused-ring (bicyclic) bond motifs is 1. The van der Waals surface area contributed by atoms with Crippen molar-refractivity contribution in [3.8, 4) is 5.75 Å². The quantitative estimate of drug-likeness (QED) is 0.484. The third-order valence-corrected chi connectivity index (χ3v) is 4.21. The van der Waals surface area contributed by atoms with Crippen LogP contribution in [-0.4, -0.2) is 32.4 Å². The Morgan fingerprint density at radius 3 is 2.71 bits per heavy atom. The first-order valence-electron chi connectivity index (χ1n) is 8.35. The molecule has 3 aromatic rings. The third-order valence-electron chi connectivity index (χ3n) is 4.06. The van der Waals surface area contributed by atoms with E-state index in [1.165, 1.54) is 11.6 Å². The SMILES string of the molecule is COc1ccc(C=NNc2nc3c(c(=O)[nH]c(=O)n3C)n2CC=C(C)Cl)cc1. The number of hydrazone groups is 1. The normalized spacial score (nSPS) is 12.1. The molecule has 0 saturated heterocycles. The molecule has 0 radical (unpaired) electrons. The van der Waals surface area contributed by atoms with Crippen LogP contribution in [0.15, 0.2) is 50.1 Å². The van der Waals surface area contributed by atoms with Gasteiger partial charge in [0.15, 0.2) is 11.2 Å². The highest BCUT2D eigenvalue weighted by atomic mass is 35.5. The standard InChI is InChI=1S/C18H19ClN6O3/c1-11(19)8-9-25-14-15(24(2)18(27)22-16(14)26)21-17(25)23-20-10-12-4-6-13(28-3)7-5-12/h4-8,10H,9H2,1-3H3,(H,21,23)(H,22,26,27). The van der Waals surface area contributed by atoms with Gasteiger partial charge in [-0.1, -0.05) is 17.7 Å². The van der Waals surface area contributed by atoms with Crippen LogP contribution in [0.3, 0.4) is 0 Å². The Morgan fingerprint density at radius 1 is 1.36 bits per heavy atom. The van der Waals surface area contributed by atoms with Crippen molar-refractivity contribution < 1.29 is 4.74 Å². The molecule has 2 aromatic heterocycles. The fraction of sp³-hybridized carbons (Fsp3) is 0.222. The molecular formula is C18H19ClN6O3. The van der Waals surface area contributed by atoms with Crippen LogP contribution in [0.4, 0.5) is 5.95 Å². The van der Waals surface area contributed by atoms with E-state index in [9.17, 15) is 9.59 Å². The maximum Gasteiger partial charge on any atom is 0.329 e. The molecule has 0 aliphatic rings. The molecule has 0 fully saturated rings. The summed E-state index contributed by atoms with van der Waals surface area (Å²) in [4.78, 5) is 30.8. The summed E-state index contributed by atoms with van der Waals surface area (Å²) < 4.78 is 7.99. The van der Waals surface area contributed by atoms with Crippen molar-refractivity contribution in [3.63, 3.8) is 0 Å². The van der Waals surface area contributed by atoms with Crippen molar-refractivity contribution in [1.82, 2.24) is 19.1 Å². The van der Waals surface area contributed by atoms with Gasteiger partial charge < -0.3 is 4.74 Å². The third kappa shape index (κ3) is 3.99. The van der Waals surface area contributed by atoms with E-state index >= 15 is 0 Å². The number of hydrogen-bond donors (Lipinski definition) is 2. The molecule has 0 aliphatic carbocycles. The van der Waals surface area contributed by atoms with E-state index in [0.717, 1.165) is 11.3 Å². The van der Waals surface area contributed by atoms with Gasteiger partial charge in [0.05, 0.1) is 13.3 Å². The highest BCUT2D eigenvalue weighted by Crippen LogP contribution is 2.16. The summed E-state index contributed by atoms with van der Waals surface area (Å²) in [5, 5.41) is 4.75. The van der Waals surface area contributed by atoms with E-state index < -0.39 is 11.2 Å². The summed E-state index contributed by atoms with van der Waals surface area (Å²) in [5.74, 6) is 1.05. The van der Waals surface area contributed by atoms with Gasteiger partial charge >= 0.3 is 5.69 Å². The minimum Gasteiger partial charge on any atom is -0.497 e. The summed E-state index contributed by atoms with van der Waals surface area (Å²) in [6.07, 6.45) is 3.33. The van der Waals surface area contributed by atoms with Gasteiger partial charge in [-0.2, -0.15) is 10.1 Å². The predicted molar refractivity (Wildman–Crippen MR) is 109 cm³/mol. The van der Waals surface area contributed by atoms with Crippen molar-refractivity contribution >= 4 is 34.9 Å². The van der Waals surface area contributed by atoms with Crippen LogP contribution in [0.1, 0.15) is 12.5 Å². The number of aromatic amines is 1. The van der Waals surface area contributed by atoms with E-state index in [1.807, 2.05) is 24.3 Å². The molecule has 3 rings (SSSR count). The highest BCUT2D eigenvalue weighted by molar-refractivity contribution is 6.29. The van der Waals surface area contributed by atoms with Gasteiger partial charge in [-0.25, -0.2) is 10.2 Å². The zero-order valence-corrected chi connectivity index (χ0v) is 16.3. The number of imidazole rings is 1. The topological polar surface area (TPSA) is 106 Å². The molecule has 0 spiro atoms. The fourth-order valence-electron chi connectivity index (χ4n) is 2.57. The Balaban J connectivity index is 2.00. The first-order valence-corrected chi connectivity index (χ1v) is 8.73. The molecule has 0 unspecified atom stereocenters. The number of nitrogens with one attached hydrogen (secondary N) is 2. The van der Waals surface area contributed by atoms with Crippen molar-refractivity contribution in [1.29, 1.82) is 0 Å². The van der Waals surface area contributed by atoms with Gasteiger partial charge in [0, 0.05) is 18.6 Å². The van der Waals surface area contributed by atoms with Crippen LogP contribution >= 0.6 is 11.6 Å². The minimum absolute atomic E-state index is 0.247. The summed E-state index contributed by atoms with van der Waals surface area (Å²) in [5.41, 5.74) is 3.10. The lowest BCUT2D eigenvalue weighted by atomic mass is 10.2. The number of hydrogen-bond acceptors (Lipinski definition) is 6. The lowest BCUT2D eigenvalue weighted by Gasteiger charge is -2.05. The Labute approximate surface area is 164 Å². The second-order valence-electron chi connectivity index (χ2n) is 5.97. The second-order valence-corrected chi connectivity index (χ2v) is 6.57. The largest absolute Gasteiger partial charge is 0.497 e. The number of halogens is 1. The number of rotatable bonds is 6. The molecule has 10 heteroatoms. The molecule has 0 amide bonds. The summed E-state index contributed by atoms with van der Waals surface area (Å²) in [6.45, 7) is 2.02. The van der Waals surface area contributed by atoms with Crippen LogP contribution in [0.2, 0.25) is 0 Å². The maximum atomic E-state index is 12.3. The molecule has 1 aromatic carbocycles. The smallest absolute Gasteiger partial charge is 0.329 e. The number of allylic oxidation sites excluding steroid dienone is 2. The monoisotopic (exact) mass is 402 g/mol. The number of aromatic nitrogens is 4. The number of ether oxygens (including phenoxy) is 1. The predicted octanol–water partition coefficient (Wildman–Crippen LogP) is 2.02. The average molecular weight is 403 g/mol. The summed E-state index contributed by atoms with van der Waals surface area (Å²) in [6, 6.07) is 7.34. The van der Waals surface area contributed by atoms with Gasteiger partial charge in [-0.3, -0.25) is 18.9 Å². The van der Waals surface area contributed by atoms with E-state index in [-0.39, 0.29) is 17.7 Å². The Hall–Kier alpha value is -3.33. The molecule has 0 bridgehead atoms. The van der Waals surface area contributed by atoms with Crippen LogP contribution in [0.25, 0.3) is 11.2 Å². The fourth-order valence-corrected chi connectivity index (χ4v) is 2.64. The number of nitrogens with zero attached hydrogens (tertiary/aromatic N) is 4. The van der Waals surface area contributed by atoms with Gasteiger partial charge in [0.2, 0.25) is 5.95 Å². The molecule has 2 heterocycles. The van der Waals surface area contributed by atoms with Gasteiger partial charge in [-0.15, -0.1) is 0 Å². The second kappa shape index (κ2) is 8.13. The molecule has 28 heavy (non-hydrogen) atoms. The van der Waals surface area contributed by atoms with Crippen LogP contribution in [0, 0.1) is 0 Å². The minimum atomic E-state index is -0.542. The first-order chi connectivity index (χ1) is 13.4. The van der Waals surface area contributed by atoms with Crippen molar-refractivity contribution in [3.05, 3.63) is 61.8 Å². The average Bonchev–Trinajstić information content (AvgIpc) is 3.04. The molecule has 0 aliphatic heterocycles. The molecule has 2 N–H and O–H groups in total. The van der Waals surface area contributed by atoms with Crippen LogP contribution in [-0.2, 0) is 13.6 Å². The molecule has 0 atom stereocenters. The Kier molecular flexibility index (Phi) is 5.65. The van der Waals surface area contributed by atoms with Crippen LogP contribution in [0.5, 0.6) is 5.75 Å². The maximum absolute atomic E-state index is 12.3. The molecule has 9 nitrogen and oxygen atoms in total. The Morgan fingerprint density at radius 2 is 2.07 bits per heavy atom. The molecule has 0 saturated carbocycles. The van der Waals surface area contributed by atoms with Crippen LogP contribution < -0.4 is 21.4 Å². The summed E-state index contributed by atoms with van der Waals surface area (Å²) >= 11 is 5.93.